The molecule has 0 bridgehead atoms. The minimum absolute atomic E-state index is 0.0259. The molecule has 2 rings (SSSR count). The quantitative estimate of drug-likeness (QED) is 0.557. The molecule has 23 heavy (non-hydrogen) atoms. The standard InChI is InChI=1S/C19H23FO3/c1-3-11-19(12-6-9-17(21)23-4-2)13-10-14-15(18(19)22)7-5-8-16(14)20/h3,5,7-8H,1,4,6,9-13H2,2H3. The molecule has 0 saturated heterocycles. The molecule has 0 aromatic heterocycles. The van der Waals surface area contributed by atoms with E-state index in [0.29, 0.717) is 56.3 Å². The van der Waals surface area contributed by atoms with Crippen molar-refractivity contribution in [3.8, 4) is 0 Å². The minimum atomic E-state index is -0.574. The molecule has 1 aliphatic carbocycles. The van der Waals surface area contributed by atoms with Crippen molar-refractivity contribution in [3.05, 3.63) is 47.8 Å². The number of ether oxygens (including phenoxy) is 1. The molecule has 0 spiro atoms. The summed E-state index contributed by atoms with van der Waals surface area (Å²) in [6, 6.07) is 4.67. The number of fused-ring (bicyclic) bond motifs is 1. The third kappa shape index (κ3) is 3.69. The van der Waals surface area contributed by atoms with Crippen molar-refractivity contribution in [1.82, 2.24) is 0 Å². The second-order valence-electron chi connectivity index (χ2n) is 6.03. The Kier molecular flexibility index (Phi) is 5.69. The van der Waals surface area contributed by atoms with Crippen molar-refractivity contribution in [2.75, 3.05) is 6.61 Å². The van der Waals surface area contributed by atoms with E-state index in [2.05, 4.69) is 6.58 Å². The number of halogens is 1. The molecular formula is C19H23FO3. The van der Waals surface area contributed by atoms with Gasteiger partial charge in [-0.1, -0.05) is 18.2 Å². The topological polar surface area (TPSA) is 43.4 Å². The third-order valence-corrected chi connectivity index (χ3v) is 4.58. The molecule has 124 valence electrons. The minimum Gasteiger partial charge on any atom is -0.466 e. The van der Waals surface area contributed by atoms with Gasteiger partial charge in [0.1, 0.15) is 5.82 Å². The normalized spacial score (nSPS) is 20.0. The largest absolute Gasteiger partial charge is 0.466 e. The first-order valence-corrected chi connectivity index (χ1v) is 8.13. The van der Waals surface area contributed by atoms with E-state index >= 15 is 0 Å². The summed E-state index contributed by atoms with van der Waals surface area (Å²) in [4.78, 5) is 24.4. The van der Waals surface area contributed by atoms with Gasteiger partial charge in [-0.3, -0.25) is 9.59 Å². The molecule has 0 saturated carbocycles. The van der Waals surface area contributed by atoms with Crippen LogP contribution in [0.2, 0.25) is 0 Å². The Morgan fingerprint density at radius 2 is 2.26 bits per heavy atom. The molecule has 0 fully saturated rings. The third-order valence-electron chi connectivity index (χ3n) is 4.58. The van der Waals surface area contributed by atoms with E-state index in [-0.39, 0.29) is 17.6 Å². The van der Waals surface area contributed by atoms with E-state index < -0.39 is 5.41 Å². The Balaban J connectivity index is 2.16. The van der Waals surface area contributed by atoms with Crippen molar-refractivity contribution in [1.29, 1.82) is 0 Å². The van der Waals surface area contributed by atoms with Crippen LogP contribution in [0.5, 0.6) is 0 Å². The Bertz CT molecular complexity index is 609. The summed E-state index contributed by atoms with van der Waals surface area (Å²) >= 11 is 0. The van der Waals surface area contributed by atoms with Crippen LogP contribution in [-0.2, 0) is 16.0 Å². The molecule has 0 aliphatic heterocycles. The van der Waals surface area contributed by atoms with Crippen LogP contribution in [0.1, 0.15) is 54.9 Å². The molecule has 3 nitrogen and oxygen atoms in total. The average Bonchev–Trinajstić information content (AvgIpc) is 2.52. The summed E-state index contributed by atoms with van der Waals surface area (Å²) in [6.45, 7) is 5.90. The first-order chi connectivity index (χ1) is 11.0. The Hall–Kier alpha value is -1.97. The Labute approximate surface area is 136 Å². The summed E-state index contributed by atoms with van der Waals surface area (Å²) in [5, 5.41) is 0. The smallest absolute Gasteiger partial charge is 0.305 e. The maximum absolute atomic E-state index is 13.9. The number of ketones is 1. The van der Waals surface area contributed by atoms with Crippen molar-refractivity contribution >= 4 is 11.8 Å². The van der Waals surface area contributed by atoms with E-state index in [1.54, 1.807) is 25.1 Å². The molecule has 0 N–H and O–H groups in total. The summed E-state index contributed by atoms with van der Waals surface area (Å²) in [5.41, 5.74) is 0.423. The number of hydrogen-bond donors (Lipinski definition) is 0. The highest BCUT2D eigenvalue weighted by molar-refractivity contribution is 6.03. The second kappa shape index (κ2) is 7.53. The monoisotopic (exact) mass is 318 g/mol. The number of rotatable bonds is 7. The van der Waals surface area contributed by atoms with Gasteiger partial charge in [0.05, 0.1) is 6.61 Å². The van der Waals surface area contributed by atoms with Gasteiger partial charge >= 0.3 is 5.97 Å². The molecular weight excluding hydrogens is 295 g/mol. The van der Waals surface area contributed by atoms with Crippen molar-refractivity contribution in [3.63, 3.8) is 0 Å². The highest BCUT2D eigenvalue weighted by atomic mass is 19.1. The number of esters is 1. The molecule has 1 aliphatic rings. The fourth-order valence-electron chi connectivity index (χ4n) is 3.40. The lowest BCUT2D eigenvalue weighted by Gasteiger charge is -2.36. The summed E-state index contributed by atoms with van der Waals surface area (Å²) in [6.07, 6.45) is 4.90. The van der Waals surface area contributed by atoms with Gasteiger partial charge in [-0.15, -0.1) is 6.58 Å². The molecule has 1 atom stereocenters. The number of carbonyl (C=O) groups is 2. The number of carbonyl (C=O) groups excluding carboxylic acids is 2. The fraction of sp³-hybridized carbons (Fsp3) is 0.474. The number of benzene rings is 1. The zero-order valence-electron chi connectivity index (χ0n) is 13.6. The first kappa shape index (κ1) is 17.4. The van der Waals surface area contributed by atoms with Crippen LogP contribution in [-0.4, -0.2) is 18.4 Å². The summed E-state index contributed by atoms with van der Waals surface area (Å²) in [5.74, 6) is -0.576. The fourth-order valence-corrected chi connectivity index (χ4v) is 3.40. The number of allylic oxidation sites excluding steroid dienone is 1. The lowest BCUT2D eigenvalue weighted by Crippen LogP contribution is -2.36. The molecule has 4 heteroatoms. The highest BCUT2D eigenvalue weighted by Crippen LogP contribution is 2.43. The van der Waals surface area contributed by atoms with Gasteiger partial charge in [-0.25, -0.2) is 4.39 Å². The second-order valence-corrected chi connectivity index (χ2v) is 6.03. The van der Waals surface area contributed by atoms with Gasteiger partial charge in [0, 0.05) is 17.4 Å². The lowest BCUT2D eigenvalue weighted by atomic mass is 9.66. The molecule has 1 unspecified atom stereocenters. The number of Topliss-reactive ketones (excluding diaryl/α,β-unsaturated/α-hetero) is 1. The van der Waals surface area contributed by atoms with Crippen LogP contribution in [0, 0.1) is 11.2 Å². The van der Waals surface area contributed by atoms with Crippen molar-refractivity contribution in [2.24, 2.45) is 5.41 Å². The van der Waals surface area contributed by atoms with Crippen molar-refractivity contribution < 1.29 is 18.7 Å². The van der Waals surface area contributed by atoms with E-state index in [4.69, 9.17) is 4.74 Å². The van der Waals surface area contributed by atoms with E-state index in [0.717, 1.165) is 0 Å². The van der Waals surface area contributed by atoms with Gasteiger partial charge in [0.2, 0.25) is 0 Å². The molecule has 0 heterocycles. The molecule has 0 radical (unpaired) electrons. The number of hydrogen-bond acceptors (Lipinski definition) is 3. The Morgan fingerprint density at radius 1 is 1.48 bits per heavy atom. The van der Waals surface area contributed by atoms with Crippen LogP contribution in [0.25, 0.3) is 0 Å². The van der Waals surface area contributed by atoms with Crippen molar-refractivity contribution in [2.45, 2.75) is 45.4 Å². The predicted octanol–water partition coefficient (Wildman–Crippen LogP) is 4.25. The highest BCUT2D eigenvalue weighted by Gasteiger charge is 2.41. The maximum Gasteiger partial charge on any atom is 0.305 e. The van der Waals surface area contributed by atoms with E-state index in [1.807, 2.05) is 0 Å². The van der Waals surface area contributed by atoms with Gasteiger partial charge in [-0.05, 0) is 50.7 Å². The maximum atomic E-state index is 13.9. The zero-order valence-corrected chi connectivity index (χ0v) is 13.6. The van der Waals surface area contributed by atoms with Gasteiger partial charge < -0.3 is 4.74 Å². The first-order valence-electron chi connectivity index (χ1n) is 8.13. The SMILES string of the molecule is C=CCC1(CCCC(=O)OCC)CCc2c(F)cccc2C1=O. The summed E-state index contributed by atoms with van der Waals surface area (Å²) in [7, 11) is 0. The van der Waals surface area contributed by atoms with Crippen LogP contribution in [0.4, 0.5) is 4.39 Å². The lowest BCUT2D eigenvalue weighted by molar-refractivity contribution is -0.143. The van der Waals surface area contributed by atoms with Crippen LogP contribution < -0.4 is 0 Å². The molecule has 1 aromatic rings. The predicted molar refractivity (Wildman–Crippen MR) is 86.8 cm³/mol. The Morgan fingerprint density at radius 3 is 2.96 bits per heavy atom. The molecule has 1 aromatic carbocycles. The van der Waals surface area contributed by atoms with Crippen LogP contribution in [0.3, 0.4) is 0 Å². The van der Waals surface area contributed by atoms with Gasteiger partial charge in [0.25, 0.3) is 0 Å². The van der Waals surface area contributed by atoms with Gasteiger partial charge in [0.15, 0.2) is 5.78 Å². The van der Waals surface area contributed by atoms with E-state index in [9.17, 15) is 14.0 Å². The average molecular weight is 318 g/mol. The zero-order chi connectivity index (χ0) is 16.9. The van der Waals surface area contributed by atoms with E-state index in [1.165, 1.54) is 6.07 Å². The van der Waals surface area contributed by atoms with Crippen LogP contribution in [0.15, 0.2) is 30.9 Å². The van der Waals surface area contributed by atoms with Gasteiger partial charge in [-0.2, -0.15) is 0 Å². The molecule has 0 amide bonds. The van der Waals surface area contributed by atoms with Crippen LogP contribution >= 0.6 is 0 Å². The summed E-state index contributed by atoms with van der Waals surface area (Å²) < 4.78 is 18.8.